The van der Waals surface area contributed by atoms with Gasteiger partial charge in [-0.15, -0.1) is 0 Å². The molecule has 0 aliphatic rings. The summed E-state index contributed by atoms with van der Waals surface area (Å²) in [6, 6.07) is 0.387. The van der Waals surface area contributed by atoms with Crippen molar-refractivity contribution in [3.05, 3.63) is 24.3 Å². The van der Waals surface area contributed by atoms with E-state index in [1.54, 1.807) is 6.33 Å². The predicted molar refractivity (Wildman–Crippen MR) is 70.7 cm³/mol. The second-order valence-corrected chi connectivity index (χ2v) is 4.90. The van der Waals surface area contributed by atoms with Crippen molar-refractivity contribution in [3.8, 4) is 0 Å². The third-order valence-electron chi connectivity index (χ3n) is 2.26. The maximum absolute atomic E-state index is 4.08. The molecule has 3 nitrogen and oxygen atoms in total. The largest absolute Gasteiger partial charge is 0.309 e. The van der Waals surface area contributed by atoms with Crippen molar-refractivity contribution in [3.63, 3.8) is 0 Å². The van der Waals surface area contributed by atoms with Gasteiger partial charge in [-0.1, -0.05) is 13.8 Å². The van der Waals surface area contributed by atoms with Gasteiger partial charge in [0.15, 0.2) is 0 Å². The molecule has 1 aromatic heterocycles. The van der Waals surface area contributed by atoms with Gasteiger partial charge in [-0.3, -0.25) is 0 Å². The molecule has 0 saturated carbocycles. The Morgan fingerprint density at radius 2 is 2.00 bits per heavy atom. The minimum absolute atomic E-state index is 0.387. The lowest BCUT2D eigenvalue weighted by Crippen LogP contribution is -2.24. The zero-order valence-electron chi connectivity index (χ0n) is 10.1. The van der Waals surface area contributed by atoms with Crippen LogP contribution >= 0.6 is 11.8 Å². The molecule has 1 atom stereocenters. The highest BCUT2D eigenvalue weighted by atomic mass is 32.2. The maximum atomic E-state index is 4.08. The first-order chi connectivity index (χ1) is 7.88. The second-order valence-electron chi connectivity index (χ2n) is 3.75. The van der Waals surface area contributed by atoms with Crippen molar-refractivity contribution >= 4 is 11.8 Å². The highest BCUT2D eigenvalue weighted by molar-refractivity contribution is 7.99. The van der Waals surface area contributed by atoms with Gasteiger partial charge in [0.25, 0.3) is 0 Å². The highest BCUT2D eigenvalue weighted by Gasteiger charge is 2.10. The Hall–Kier alpha value is -0.610. The molecule has 90 valence electrons. The van der Waals surface area contributed by atoms with Crippen LogP contribution in [0.4, 0.5) is 0 Å². The number of nitrogens with one attached hydrogen (secondary N) is 1. The Morgan fingerprint density at radius 1 is 1.25 bits per heavy atom. The van der Waals surface area contributed by atoms with Crippen LogP contribution in [0.5, 0.6) is 0 Å². The molecule has 0 amide bonds. The minimum atomic E-state index is 0.387. The van der Waals surface area contributed by atoms with E-state index in [1.807, 2.05) is 24.2 Å². The Morgan fingerprint density at radius 3 is 2.62 bits per heavy atom. The average molecular weight is 239 g/mol. The quantitative estimate of drug-likeness (QED) is 0.708. The van der Waals surface area contributed by atoms with Crippen LogP contribution in [0.3, 0.4) is 0 Å². The summed E-state index contributed by atoms with van der Waals surface area (Å²) in [6.45, 7) is 5.45. The molecule has 4 heteroatoms. The highest BCUT2D eigenvalue weighted by Crippen LogP contribution is 2.17. The molecule has 0 spiro atoms. The van der Waals surface area contributed by atoms with E-state index >= 15 is 0 Å². The lowest BCUT2D eigenvalue weighted by Gasteiger charge is -2.17. The lowest BCUT2D eigenvalue weighted by atomic mass is 10.2. The number of hydrogen-bond acceptors (Lipinski definition) is 4. The Bertz CT molecular complexity index is 266. The van der Waals surface area contributed by atoms with E-state index in [4.69, 9.17) is 0 Å². The third-order valence-corrected chi connectivity index (χ3v) is 3.52. The number of rotatable bonds is 8. The number of hydrogen-bond donors (Lipinski definition) is 1. The van der Waals surface area contributed by atoms with Crippen molar-refractivity contribution < 1.29 is 0 Å². The number of thioether (sulfide) groups is 1. The summed E-state index contributed by atoms with van der Waals surface area (Å²) in [7, 11) is 0. The Labute approximate surface area is 102 Å². The summed E-state index contributed by atoms with van der Waals surface area (Å²) in [6.07, 6.45) is 7.79. The topological polar surface area (TPSA) is 37.8 Å². The van der Waals surface area contributed by atoms with Gasteiger partial charge < -0.3 is 5.32 Å². The average Bonchev–Trinajstić information content (AvgIpc) is 2.35. The number of aromatic nitrogens is 2. The number of nitrogens with zero attached hydrogens (tertiary/aromatic N) is 2. The summed E-state index contributed by atoms with van der Waals surface area (Å²) >= 11 is 1.99. The first-order valence-electron chi connectivity index (χ1n) is 5.94. The monoisotopic (exact) mass is 239 g/mol. The fourth-order valence-corrected chi connectivity index (χ4v) is 2.43. The summed E-state index contributed by atoms with van der Waals surface area (Å²) in [5, 5.41) is 3.54. The van der Waals surface area contributed by atoms with E-state index in [1.165, 1.54) is 17.7 Å². The molecule has 16 heavy (non-hydrogen) atoms. The van der Waals surface area contributed by atoms with E-state index in [0.29, 0.717) is 6.04 Å². The normalized spacial score (nSPS) is 12.6. The zero-order valence-corrected chi connectivity index (χ0v) is 11.0. The van der Waals surface area contributed by atoms with Crippen molar-refractivity contribution in [1.29, 1.82) is 0 Å². The van der Waals surface area contributed by atoms with Crippen LogP contribution in [-0.2, 0) is 0 Å². The van der Waals surface area contributed by atoms with E-state index in [2.05, 4.69) is 29.1 Å². The molecule has 1 rings (SSSR count). The summed E-state index contributed by atoms with van der Waals surface area (Å²) in [5.74, 6) is 2.32. The van der Waals surface area contributed by atoms with Crippen molar-refractivity contribution in [1.82, 2.24) is 15.3 Å². The van der Waals surface area contributed by atoms with Crippen LogP contribution in [0, 0.1) is 0 Å². The molecule has 1 N–H and O–H groups in total. The molecule has 0 saturated heterocycles. The van der Waals surface area contributed by atoms with Gasteiger partial charge in [0.05, 0.1) is 0 Å². The minimum Gasteiger partial charge on any atom is -0.309 e. The Balaban J connectivity index is 2.49. The molecule has 1 heterocycles. The summed E-state index contributed by atoms with van der Waals surface area (Å²) in [5.41, 5.74) is 1.19. The molecule has 0 radical (unpaired) electrons. The lowest BCUT2D eigenvalue weighted by molar-refractivity contribution is 0.574. The van der Waals surface area contributed by atoms with Gasteiger partial charge in [-0.25, -0.2) is 9.97 Å². The van der Waals surface area contributed by atoms with Crippen molar-refractivity contribution in [2.75, 3.05) is 18.1 Å². The van der Waals surface area contributed by atoms with Crippen molar-refractivity contribution in [2.45, 2.75) is 32.7 Å². The molecule has 1 aromatic rings. The van der Waals surface area contributed by atoms with Crippen LogP contribution in [0.15, 0.2) is 18.7 Å². The second kappa shape index (κ2) is 8.53. The van der Waals surface area contributed by atoms with E-state index in [9.17, 15) is 0 Å². The van der Waals surface area contributed by atoms with E-state index in [-0.39, 0.29) is 0 Å². The summed E-state index contributed by atoms with van der Waals surface area (Å²) < 4.78 is 0. The fraction of sp³-hybridized carbons (Fsp3) is 0.667. The molecule has 0 aliphatic heterocycles. The van der Waals surface area contributed by atoms with Gasteiger partial charge in [0.1, 0.15) is 6.33 Å². The van der Waals surface area contributed by atoms with Crippen LogP contribution in [0.1, 0.15) is 38.3 Å². The zero-order chi connectivity index (χ0) is 11.6. The van der Waals surface area contributed by atoms with E-state index < -0.39 is 0 Å². The van der Waals surface area contributed by atoms with Gasteiger partial charge in [-0.05, 0) is 25.1 Å². The maximum Gasteiger partial charge on any atom is 0.115 e. The molecule has 0 bridgehead atoms. The molecular weight excluding hydrogens is 218 g/mol. The predicted octanol–water partition coefficient (Wildman–Crippen LogP) is 2.66. The van der Waals surface area contributed by atoms with E-state index in [0.717, 1.165) is 18.7 Å². The van der Waals surface area contributed by atoms with Crippen molar-refractivity contribution in [2.24, 2.45) is 0 Å². The van der Waals surface area contributed by atoms with Gasteiger partial charge in [-0.2, -0.15) is 11.8 Å². The smallest absolute Gasteiger partial charge is 0.115 e. The van der Waals surface area contributed by atoms with Crippen LogP contribution in [0.25, 0.3) is 0 Å². The Kier molecular flexibility index (Phi) is 7.17. The molecule has 0 aromatic carbocycles. The first kappa shape index (κ1) is 13.5. The molecular formula is C12H21N3S. The molecule has 0 aliphatic carbocycles. The molecule has 1 unspecified atom stereocenters. The standard InChI is InChI=1S/C12H21N3S/c1-3-5-15-12(9-16-6-4-2)11-7-13-10-14-8-11/h7-8,10,12,15H,3-6,9H2,1-2H3. The van der Waals surface area contributed by atoms with Gasteiger partial charge in [0, 0.05) is 29.8 Å². The van der Waals surface area contributed by atoms with Gasteiger partial charge in [0.2, 0.25) is 0 Å². The van der Waals surface area contributed by atoms with Crippen LogP contribution in [0.2, 0.25) is 0 Å². The van der Waals surface area contributed by atoms with Crippen LogP contribution < -0.4 is 5.32 Å². The van der Waals surface area contributed by atoms with Gasteiger partial charge >= 0.3 is 0 Å². The molecule has 0 fully saturated rings. The first-order valence-corrected chi connectivity index (χ1v) is 7.10. The summed E-state index contributed by atoms with van der Waals surface area (Å²) in [4.78, 5) is 8.16. The fourth-order valence-electron chi connectivity index (χ4n) is 1.43. The SMILES string of the molecule is CCCNC(CSCCC)c1cncnc1. The third kappa shape index (κ3) is 4.94. The van der Waals surface area contributed by atoms with Crippen LogP contribution in [-0.4, -0.2) is 28.0 Å².